The second kappa shape index (κ2) is 9.94. The summed E-state index contributed by atoms with van der Waals surface area (Å²) < 4.78 is 5.59. The number of imide groups is 1. The van der Waals surface area contributed by atoms with Crippen molar-refractivity contribution >= 4 is 40.6 Å². The van der Waals surface area contributed by atoms with Gasteiger partial charge < -0.3 is 9.84 Å². The number of thioether (sulfide) groups is 1. The molecule has 32 heavy (non-hydrogen) atoms. The van der Waals surface area contributed by atoms with Gasteiger partial charge >= 0.3 is 0 Å². The third-order valence-corrected chi connectivity index (χ3v) is 6.13. The zero-order valence-electron chi connectivity index (χ0n) is 17.0. The third kappa shape index (κ3) is 5.15. The lowest BCUT2D eigenvalue weighted by molar-refractivity contribution is -0.123. The molecule has 5 nitrogen and oxygen atoms in total. The van der Waals surface area contributed by atoms with E-state index in [0.717, 1.165) is 27.8 Å². The largest absolute Gasteiger partial charge is 0.507 e. The molecular formula is C25H20ClNO4S. The van der Waals surface area contributed by atoms with Gasteiger partial charge in [-0.05, 0) is 59.7 Å². The summed E-state index contributed by atoms with van der Waals surface area (Å²) in [5.41, 5.74) is 2.63. The summed E-state index contributed by atoms with van der Waals surface area (Å²) in [5, 5.41) is 10.4. The molecule has 2 amide bonds. The topological polar surface area (TPSA) is 66.8 Å². The minimum atomic E-state index is -0.407. The van der Waals surface area contributed by atoms with Gasteiger partial charge in [-0.25, -0.2) is 0 Å². The highest BCUT2D eigenvalue weighted by Crippen LogP contribution is 2.34. The Morgan fingerprint density at radius 1 is 0.969 bits per heavy atom. The zero-order valence-corrected chi connectivity index (χ0v) is 18.6. The molecule has 3 aromatic carbocycles. The fourth-order valence-corrected chi connectivity index (χ4v) is 4.35. The molecule has 4 rings (SSSR count). The summed E-state index contributed by atoms with van der Waals surface area (Å²) in [6, 6.07) is 22.3. The van der Waals surface area contributed by atoms with E-state index in [0.29, 0.717) is 22.8 Å². The fraction of sp³-hybridized carbons (Fsp3) is 0.120. The maximum absolute atomic E-state index is 12.8. The molecule has 1 N–H and O–H groups in total. The van der Waals surface area contributed by atoms with Crippen molar-refractivity contribution in [1.29, 1.82) is 0 Å². The van der Waals surface area contributed by atoms with Gasteiger partial charge in [0.15, 0.2) is 0 Å². The van der Waals surface area contributed by atoms with Crippen LogP contribution in [0.3, 0.4) is 0 Å². The molecular weight excluding hydrogens is 446 g/mol. The molecule has 0 spiro atoms. The van der Waals surface area contributed by atoms with Crippen molar-refractivity contribution in [3.05, 3.63) is 99.4 Å². The molecule has 1 aliphatic heterocycles. The molecule has 0 aliphatic carbocycles. The van der Waals surface area contributed by atoms with Gasteiger partial charge in [0.25, 0.3) is 11.1 Å². The molecule has 1 saturated heterocycles. The molecule has 0 atom stereocenters. The highest BCUT2D eigenvalue weighted by Gasteiger charge is 2.35. The zero-order chi connectivity index (χ0) is 22.5. The van der Waals surface area contributed by atoms with Crippen LogP contribution in [0.25, 0.3) is 6.08 Å². The number of nitrogens with zero attached hydrogens (tertiary/aromatic N) is 1. The van der Waals surface area contributed by atoms with Gasteiger partial charge in [-0.15, -0.1) is 0 Å². The molecule has 0 saturated carbocycles. The number of ether oxygens (including phenoxy) is 1. The van der Waals surface area contributed by atoms with Crippen LogP contribution in [0.4, 0.5) is 4.79 Å². The minimum absolute atomic E-state index is 0.0515. The van der Waals surface area contributed by atoms with Crippen LogP contribution in [0.2, 0.25) is 5.02 Å². The molecule has 162 valence electrons. The van der Waals surface area contributed by atoms with Crippen LogP contribution in [0.15, 0.2) is 77.7 Å². The first-order valence-corrected chi connectivity index (χ1v) is 11.2. The number of rotatable bonds is 7. The van der Waals surface area contributed by atoms with Gasteiger partial charge in [-0.2, -0.15) is 0 Å². The third-order valence-electron chi connectivity index (χ3n) is 4.91. The number of carbonyl (C=O) groups is 2. The standard InChI is InChI=1S/C25H20ClNO4S/c26-20-8-4-5-9-22(20)31-13-12-27-24(29)23(32-25(27)30)16-19-15-18(10-11-21(19)28)14-17-6-2-1-3-7-17/h1-11,15-16,28H,12-14H2/b23-16-. The number of aromatic hydroxyl groups is 1. The van der Waals surface area contributed by atoms with Crippen LogP contribution in [0.1, 0.15) is 16.7 Å². The second-order valence-corrected chi connectivity index (χ2v) is 8.57. The number of para-hydroxylation sites is 1. The molecule has 7 heteroatoms. The van der Waals surface area contributed by atoms with E-state index < -0.39 is 5.91 Å². The number of halogens is 1. The van der Waals surface area contributed by atoms with E-state index in [1.807, 2.05) is 42.5 Å². The van der Waals surface area contributed by atoms with Crippen molar-refractivity contribution < 1.29 is 19.4 Å². The Morgan fingerprint density at radius 3 is 2.50 bits per heavy atom. The molecule has 1 aliphatic rings. The number of phenolic OH excluding ortho intramolecular Hbond substituents is 1. The number of hydrogen-bond acceptors (Lipinski definition) is 5. The second-order valence-electron chi connectivity index (χ2n) is 7.17. The van der Waals surface area contributed by atoms with Crippen molar-refractivity contribution in [2.45, 2.75) is 6.42 Å². The van der Waals surface area contributed by atoms with Crippen molar-refractivity contribution in [2.75, 3.05) is 13.2 Å². The van der Waals surface area contributed by atoms with Gasteiger partial charge in [0.1, 0.15) is 18.1 Å². The molecule has 0 radical (unpaired) electrons. The first-order chi connectivity index (χ1) is 15.5. The lowest BCUT2D eigenvalue weighted by Crippen LogP contribution is -2.32. The van der Waals surface area contributed by atoms with Crippen LogP contribution in [0.5, 0.6) is 11.5 Å². The maximum atomic E-state index is 12.8. The van der Waals surface area contributed by atoms with Gasteiger partial charge in [0.2, 0.25) is 0 Å². The van der Waals surface area contributed by atoms with Crippen LogP contribution in [0, 0.1) is 0 Å². The Morgan fingerprint density at radius 2 is 1.72 bits per heavy atom. The lowest BCUT2D eigenvalue weighted by atomic mass is 10.0. The normalized spacial score (nSPS) is 14.9. The van der Waals surface area contributed by atoms with Gasteiger partial charge in [0, 0.05) is 5.56 Å². The van der Waals surface area contributed by atoms with E-state index in [4.69, 9.17) is 16.3 Å². The quantitative estimate of drug-likeness (QED) is 0.450. The number of amides is 2. The number of hydrogen-bond donors (Lipinski definition) is 1. The Labute approximate surface area is 195 Å². The van der Waals surface area contributed by atoms with E-state index in [9.17, 15) is 14.7 Å². The van der Waals surface area contributed by atoms with Gasteiger partial charge in [0.05, 0.1) is 16.5 Å². The SMILES string of the molecule is O=C1S/C(=C\c2cc(Cc3ccccc3)ccc2O)C(=O)N1CCOc1ccccc1Cl. The molecule has 1 fully saturated rings. The minimum Gasteiger partial charge on any atom is -0.507 e. The van der Waals surface area contributed by atoms with E-state index in [1.54, 1.807) is 36.4 Å². The van der Waals surface area contributed by atoms with Gasteiger partial charge in [-0.3, -0.25) is 14.5 Å². The molecule has 3 aromatic rings. The highest BCUT2D eigenvalue weighted by molar-refractivity contribution is 8.18. The fourth-order valence-electron chi connectivity index (χ4n) is 3.30. The Balaban J connectivity index is 1.45. The van der Waals surface area contributed by atoms with Crippen LogP contribution in [-0.2, 0) is 11.2 Å². The average molecular weight is 466 g/mol. The summed E-state index contributed by atoms with van der Waals surface area (Å²) in [6.45, 7) is 0.236. The van der Waals surface area contributed by atoms with Crippen LogP contribution < -0.4 is 4.74 Å². The monoisotopic (exact) mass is 465 g/mol. The lowest BCUT2D eigenvalue weighted by Gasteiger charge is -2.13. The van der Waals surface area contributed by atoms with Crippen molar-refractivity contribution in [3.63, 3.8) is 0 Å². The molecule has 0 unspecified atom stereocenters. The van der Waals surface area contributed by atoms with Crippen molar-refractivity contribution in [3.8, 4) is 11.5 Å². The van der Waals surface area contributed by atoms with E-state index >= 15 is 0 Å². The molecule has 1 heterocycles. The van der Waals surface area contributed by atoms with Crippen molar-refractivity contribution in [2.24, 2.45) is 0 Å². The number of benzene rings is 3. The summed E-state index contributed by atoms with van der Waals surface area (Å²) >= 11 is 6.91. The smallest absolute Gasteiger partial charge is 0.293 e. The van der Waals surface area contributed by atoms with E-state index in [-0.39, 0.29) is 29.0 Å². The maximum Gasteiger partial charge on any atom is 0.293 e. The summed E-state index contributed by atoms with van der Waals surface area (Å²) in [5.74, 6) is 0.142. The van der Waals surface area contributed by atoms with E-state index in [1.165, 1.54) is 0 Å². The van der Waals surface area contributed by atoms with Crippen LogP contribution >= 0.6 is 23.4 Å². The highest BCUT2D eigenvalue weighted by atomic mass is 35.5. The summed E-state index contributed by atoms with van der Waals surface area (Å²) in [7, 11) is 0. The van der Waals surface area contributed by atoms with Crippen LogP contribution in [-0.4, -0.2) is 34.3 Å². The first kappa shape index (κ1) is 22.0. The predicted octanol–water partition coefficient (Wildman–Crippen LogP) is 5.75. The Bertz CT molecular complexity index is 1180. The first-order valence-electron chi connectivity index (χ1n) is 10.00. The predicted molar refractivity (Wildman–Crippen MR) is 127 cm³/mol. The summed E-state index contributed by atoms with van der Waals surface area (Å²) in [6.07, 6.45) is 2.26. The Hall–Kier alpha value is -3.22. The summed E-state index contributed by atoms with van der Waals surface area (Å²) in [4.78, 5) is 26.5. The molecule has 0 aromatic heterocycles. The number of phenols is 1. The van der Waals surface area contributed by atoms with Gasteiger partial charge in [-0.1, -0.05) is 60.1 Å². The van der Waals surface area contributed by atoms with E-state index in [2.05, 4.69) is 0 Å². The molecule has 0 bridgehead atoms. The Kier molecular flexibility index (Phi) is 6.83. The number of carbonyl (C=O) groups excluding carboxylic acids is 2. The van der Waals surface area contributed by atoms with Crippen molar-refractivity contribution in [1.82, 2.24) is 4.90 Å². The average Bonchev–Trinajstić information content (AvgIpc) is 3.05.